The largest absolute Gasteiger partial charge is 0.476 e. The number of hydrogen-bond acceptors (Lipinski definition) is 6. The summed E-state index contributed by atoms with van der Waals surface area (Å²) < 4.78 is 1.45. The highest BCUT2D eigenvalue weighted by atomic mass is 16.4. The molecule has 8 heteroatoms. The second kappa shape index (κ2) is 5.45. The van der Waals surface area contributed by atoms with Crippen LogP contribution < -0.4 is 0 Å². The molecule has 21 heavy (non-hydrogen) atoms. The average molecular weight is 282 g/mol. The Bertz CT molecular complexity index is 757. The van der Waals surface area contributed by atoms with Crippen molar-refractivity contribution in [3.8, 4) is 11.4 Å². The number of hydrogen-bond donors (Lipinski definition) is 1. The first-order valence-electron chi connectivity index (χ1n) is 6.09. The maximum absolute atomic E-state index is 11.3. The normalized spacial score (nSPS) is 10.5. The van der Waals surface area contributed by atoms with Gasteiger partial charge in [0.2, 0.25) is 0 Å². The van der Waals surface area contributed by atoms with Gasteiger partial charge in [0, 0.05) is 18.6 Å². The van der Waals surface area contributed by atoms with E-state index in [1.165, 1.54) is 4.68 Å². The van der Waals surface area contributed by atoms with Crippen LogP contribution in [0.1, 0.15) is 16.2 Å². The zero-order chi connectivity index (χ0) is 14.7. The SMILES string of the molecule is O=C(O)c1nnn(Cc2cnccn2)c1-c1ccccn1. The third-order valence-electron chi connectivity index (χ3n) is 2.77. The summed E-state index contributed by atoms with van der Waals surface area (Å²) in [6.45, 7) is 0.264. The van der Waals surface area contributed by atoms with Gasteiger partial charge in [-0.15, -0.1) is 5.10 Å². The fourth-order valence-corrected chi connectivity index (χ4v) is 1.89. The van der Waals surface area contributed by atoms with Crippen LogP contribution in [0.3, 0.4) is 0 Å². The van der Waals surface area contributed by atoms with Crippen molar-refractivity contribution < 1.29 is 9.90 Å². The van der Waals surface area contributed by atoms with Crippen molar-refractivity contribution in [2.75, 3.05) is 0 Å². The van der Waals surface area contributed by atoms with Crippen LogP contribution in [0.4, 0.5) is 0 Å². The Hall–Kier alpha value is -3.16. The van der Waals surface area contributed by atoms with Crippen molar-refractivity contribution in [1.82, 2.24) is 29.9 Å². The molecule has 0 bridgehead atoms. The van der Waals surface area contributed by atoms with E-state index in [0.29, 0.717) is 17.1 Å². The highest BCUT2D eigenvalue weighted by Gasteiger charge is 2.21. The first-order chi connectivity index (χ1) is 10.3. The number of nitrogens with zero attached hydrogens (tertiary/aromatic N) is 6. The maximum atomic E-state index is 11.3. The van der Waals surface area contributed by atoms with Gasteiger partial charge in [-0.1, -0.05) is 11.3 Å². The number of carboxylic acid groups (broad SMARTS) is 1. The van der Waals surface area contributed by atoms with E-state index in [0.717, 1.165) is 0 Å². The van der Waals surface area contributed by atoms with Crippen LogP contribution >= 0.6 is 0 Å². The predicted molar refractivity (Wildman–Crippen MR) is 71.3 cm³/mol. The summed E-state index contributed by atoms with van der Waals surface area (Å²) in [4.78, 5) is 23.6. The Morgan fingerprint density at radius 3 is 2.76 bits per heavy atom. The molecule has 0 aliphatic rings. The van der Waals surface area contributed by atoms with Gasteiger partial charge >= 0.3 is 5.97 Å². The summed E-state index contributed by atoms with van der Waals surface area (Å²) in [5.74, 6) is -1.15. The Morgan fingerprint density at radius 2 is 2.10 bits per heavy atom. The number of aromatic nitrogens is 6. The van der Waals surface area contributed by atoms with Crippen molar-refractivity contribution in [3.05, 3.63) is 54.4 Å². The van der Waals surface area contributed by atoms with Crippen molar-refractivity contribution in [2.45, 2.75) is 6.54 Å². The van der Waals surface area contributed by atoms with Crippen molar-refractivity contribution in [3.63, 3.8) is 0 Å². The van der Waals surface area contributed by atoms with Gasteiger partial charge in [-0.25, -0.2) is 9.48 Å². The Kier molecular flexibility index (Phi) is 3.34. The van der Waals surface area contributed by atoms with Crippen molar-refractivity contribution in [2.24, 2.45) is 0 Å². The molecule has 3 aromatic heterocycles. The topological polar surface area (TPSA) is 107 Å². The van der Waals surface area contributed by atoms with Crippen LogP contribution in [0.2, 0.25) is 0 Å². The quantitative estimate of drug-likeness (QED) is 0.756. The molecule has 0 radical (unpaired) electrons. The molecule has 0 aliphatic carbocycles. The van der Waals surface area contributed by atoms with Gasteiger partial charge in [-0.3, -0.25) is 15.0 Å². The summed E-state index contributed by atoms with van der Waals surface area (Å²) in [5, 5.41) is 16.8. The predicted octanol–water partition coefficient (Wildman–Crippen LogP) is 0.877. The molecule has 0 aromatic carbocycles. The summed E-state index contributed by atoms with van der Waals surface area (Å²) in [5.41, 5.74) is 1.34. The molecule has 1 N–H and O–H groups in total. The fraction of sp³-hybridized carbons (Fsp3) is 0.0769. The van der Waals surface area contributed by atoms with Gasteiger partial charge < -0.3 is 5.11 Å². The first kappa shape index (κ1) is 12.9. The fourth-order valence-electron chi connectivity index (χ4n) is 1.89. The van der Waals surface area contributed by atoms with Crippen molar-refractivity contribution in [1.29, 1.82) is 0 Å². The highest BCUT2D eigenvalue weighted by molar-refractivity contribution is 5.92. The third-order valence-corrected chi connectivity index (χ3v) is 2.77. The lowest BCUT2D eigenvalue weighted by atomic mass is 10.2. The summed E-state index contributed by atoms with van der Waals surface area (Å²) in [6.07, 6.45) is 6.29. The molecule has 0 saturated heterocycles. The summed E-state index contributed by atoms with van der Waals surface area (Å²) in [7, 11) is 0. The molecule has 0 saturated carbocycles. The van der Waals surface area contributed by atoms with Gasteiger partial charge in [0.1, 0.15) is 5.69 Å². The number of pyridine rings is 1. The number of carbonyl (C=O) groups is 1. The number of carboxylic acids is 1. The molecular weight excluding hydrogens is 272 g/mol. The maximum Gasteiger partial charge on any atom is 0.358 e. The molecule has 0 atom stereocenters. The number of aromatic carboxylic acids is 1. The standard InChI is InChI=1S/C13H10N6O2/c20-13(21)11-12(10-3-1-2-4-16-10)19(18-17-11)8-9-7-14-5-6-15-9/h1-7H,8H2,(H,20,21). The van der Waals surface area contributed by atoms with E-state index in [1.807, 2.05) is 0 Å². The van der Waals surface area contributed by atoms with Gasteiger partial charge in [-0.2, -0.15) is 0 Å². The Labute approximate surface area is 119 Å². The van der Waals surface area contributed by atoms with E-state index in [-0.39, 0.29) is 12.2 Å². The zero-order valence-electron chi connectivity index (χ0n) is 10.8. The summed E-state index contributed by atoms with van der Waals surface area (Å²) in [6, 6.07) is 5.23. The van der Waals surface area contributed by atoms with E-state index in [2.05, 4.69) is 25.3 Å². The Morgan fingerprint density at radius 1 is 1.19 bits per heavy atom. The molecule has 0 amide bonds. The molecule has 104 valence electrons. The van der Waals surface area contributed by atoms with Crippen LogP contribution in [-0.2, 0) is 6.54 Å². The minimum absolute atomic E-state index is 0.141. The van der Waals surface area contributed by atoms with E-state index < -0.39 is 5.97 Å². The second-order valence-corrected chi connectivity index (χ2v) is 4.16. The van der Waals surface area contributed by atoms with Gasteiger partial charge in [-0.05, 0) is 12.1 Å². The van der Waals surface area contributed by atoms with Gasteiger partial charge in [0.05, 0.1) is 24.1 Å². The minimum Gasteiger partial charge on any atom is -0.476 e. The van der Waals surface area contributed by atoms with Crippen LogP contribution in [0.5, 0.6) is 0 Å². The molecule has 8 nitrogen and oxygen atoms in total. The lowest BCUT2D eigenvalue weighted by Gasteiger charge is -2.05. The molecule has 3 aromatic rings. The van der Waals surface area contributed by atoms with Crippen LogP contribution in [0.25, 0.3) is 11.4 Å². The molecule has 3 rings (SSSR count). The Balaban J connectivity index is 2.07. The monoisotopic (exact) mass is 282 g/mol. The van der Waals surface area contributed by atoms with E-state index in [9.17, 15) is 9.90 Å². The summed E-state index contributed by atoms with van der Waals surface area (Å²) >= 11 is 0. The third kappa shape index (κ3) is 2.59. The number of rotatable bonds is 4. The smallest absolute Gasteiger partial charge is 0.358 e. The second-order valence-electron chi connectivity index (χ2n) is 4.16. The van der Waals surface area contributed by atoms with E-state index in [1.54, 1.807) is 43.0 Å². The lowest BCUT2D eigenvalue weighted by molar-refractivity contribution is 0.0691. The van der Waals surface area contributed by atoms with Gasteiger partial charge in [0.25, 0.3) is 0 Å². The van der Waals surface area contributed by atoms with E-state index in [4.69, 9.17) is 0 Å². The highest BCUT2D eigenvalue weighted by Crippen LogP contribution is 2.20. The molecule has 3 heterocycles. The molecule has 0 unspecified atom stereocenters. The van der Waals surface area contributed by atoms with Gasteiger partial charge in [0.15, 0.2) is 5.69 Å². The van der Waals surface area contributed by atoms with E-state index >= 15 is 0 Å². The lowest BCUT2D eigenvalue weighted by Crippen LogP contribution is -2.08. The first-order valence-corrected chi connectivity index (χ1v) is 6.09. The molecule has 0 spiro atoms. The molecular formula is C13H10N6O2. The molecule has 0 fully saturated rings. The van der Waals surface area contributed by atoms with Crippen LogP contribution in [0.15, 0.2) is 43.0 Å². The zero-order valence-corrected chi connectivity index (χ0v) is 10.8. The minimum atomic E-state index is -1.15. The average Bonchev–Trinajstić information content (AvgIpc) is 2.93. The molecule has 0 aliphatic heterocycles. The van der Waals surface area contributed by atoms with Crippen LogP contribution in [-0.4, -0.2) is 41.0 Å². The van der Waals surface area contributed by atoms with Crippen molar-refractivity contribution >= 4 is 5.97 Å². The van der Waals surface area contributed by atoms with Crippen LogP contribution in [0, 0.1) is 0 Å².